The topological polar surface area (TPSA) is 39.6 Å². The molecule has 1 heterocycles. The van der Waals surface area contributed by atoms with Crippen molar-refractivity contribution in [3.8, 4) is 6.07 Å². The molecule has 0 amide bonds. The maximum atomic E-state index is 13.1. The first-order valence-electron chi connectivity index (χ1n) is 5.60. The van der Waals surface area contributed by atoms with E-state index in [9.17, 15) is 13.2 Å². The molecule has 2 rings (SSSR count). The van der Waals surface area contributed by atoms with Crippen LogP contribution >= 0.6 is 12.2 Å². The highest BCUT2D eigenvalue weighted by molar-refractivity contribution is 7.71. The molecule has 1 aromatic rings. The molecule has 0 radical (unpaired) electrons. The van der Waals surface area contributed by atoms with Crippen molar-refractivity contribution in [3.63, 3.8) is 0 Å². The van der Waals surface area contributed by atoms with Crippen LogP contribution in [0.1, 0.15) is 35.7 Å². The average Bonchev–Trinajstić information content (AvgIpc) is 2.26. The Bertz CT molecular complexity index is 581. The minimum atomic E-state index is -4.53. The van der Waals surface area contributed by atoms with E-state index < -0.39 is 17.3 Å². The normalized spacial score (nSPS) is 19.2. The van der Waals surface area contributed by atoms with Crippen LogP contribution in [0.25, 0.3) is 0 Å². The number of hydrogen-bond acceptors (Lipinski definition) is 2. The number of aryl methyl sites for hydroxylation is 1. The highest BCUT2D eigenvalue weighted by Crippen LogP contribution is 2.39. The summed E-state index contributed by atoms with van der Waals surface area (Å²) in [5.41, 5.74) is -0.545. The summed E-state index contributed by atoms with van der Waals surface area (Å²) < 4.78 is 39.2. The Morgan fingerprint density at radius 3 is 2.67 bits per heavy atom. The zero-order valence-corrected chi connectivity index (χ0v) is 10.5. The van der Waals surface area contributed by atoms with E-state index in [1.54, 1.807) is 6.07 Å². The van der Waals surface area contributed by atoms with Gasteiger partial charge in [-0.3, -0.25) is 0 Å². The van der Waals surface area contributed by atoms with Gasteiger partial charge in [0.05, 0.1) is 11.1 Å². The van der Waals surface area contributed by atoms with Gasteiger partial charge in [-0.15, -0.1) is 0 Å². The minimum absolute atomic E-state index is 0.113. The molecule has 1 unspecified atom stereocenters. The third-order valence-corrected chi connectivity index (χ3v) is 3.55. The third-order valence-electron chi connectivity index (χ3n) is 3.24. The summed E-state index contributed by atoms with van der Waals surface area (Å²) in [5, 5.41) is 8.89. The highest BCUT2D eigenvalue weighted by Gasteiger charge is 2.39. The number of fused-ring (bicyclic) bond motifs is 1. The first-order chi connectivity index (χ1) is 8.34. The van der Waals surface area contributed by atoms with Crippen LogP contribution in [-0.4, -0.2) is 4.98 Å². The summed E-state index contributed by atoms with van der Waals surface area (Å²) >= 11 is 4.84. The zero-order valence-electron chi connectivity index (χ0n) is 9.69. The van der Waals surface area contributed by atoms with E-state index in [0.29, 0.717) is 18.5 Å². The molecular weight excluding hydrogens is 261 g/mol. The van der Waals surface area contributed by atoms with Crippen molar-refractivity contribution in [3.05, 3.63) is 27.0 Å². The largest absolute Gasteiger partial charge is 0.418 e. The van der Waals surface area contributed by atoms with Gasteiger partial charge in [0.2, 0.25) is 0 Å². The van der Waals surface area contributed by atoms with Gasteiger partial charge in [-0.25, -0.2) is 0 Å². The second kappa shape index (κ2) is 4.39. The van der Waals surface area contributed by atoms with E-state index in [1.165, 1.54) is 0 Å². The number of nitriles is 1. The van der Waals surface area contributed by atoms with Crippen LogP contribution in [-0.2, 0) is 19.0 Å². The summed E-state index contributed by atoms with van der Waals surface area (Å²) in [6, 6.07) is 1.58. The molecule has 0 fully saturated rings. The van der Waals surface area contributed by atoms with Crippen LogP contribution in [0.5, 0.6) is 0 Å². The van der Waals surface area contributed by atoms with E-state index in [0.717, 1.165) is 6.42 Å². The molecule has 1 atom stereocenters. The number of pyridine rings is 1. The molecule has 0 aliphatic heterocycles. The van der Waals surface area contributed by atoms with Crippen molar-refractivity contribution in [1.29, 1.82) is 5.26 Å². The lowest BCUT2D eigenvalue weighted by molar-refractivity contribution is -0.138. The molecule has 6 heteroatoms. The van der Waals surface area contributed by atoms with Crippen LogP contribution in [0.15, 0.2) is 0 Å². The van der Waals surface area contributed by atoms with Gasteiger partial charge in [0.25, 0.3) is 0 Å². The number of nitrogens with zero attached hydrogens (tertiary/aromatic N) is 1. The van der Waals surface area contributed by atoms with Crippen molar-refractivity contribution in [2.24, 2.45) is 5.92 Å². The van der Waals surface area contributed by atoms with Gasteiger partial charge < -0.3 is 4.98 Å². The number of H-pyrrole nitrogens is 1. The summed E-state index contributed by atoms with van der Waals surface area (Å²) in [6.45, 7) is 1.91. The molecule has 0 saturated carbocycles. The Morgan fingerprint density at radius 1 is 1.44 bits per heavy atom. The number of nitrogens with one attached hydrogen (secondary N) is 1. The maximum absolute atomic E-state index is 13.1. The number of alkyl halides is 3. The molecule has 0 bridgehead atoms. The Morgan fingerprint density at radius 2 is 2.11 bits per heavy atom. The van der Waals surface area contributed by atoms with Gasteiger partial charge >= 0.3 is 6.18 Å². The Balaban J connectivity index is 2.79. The van der Waals surface area contributed by atoms with Crippen LogP contribution in [0.4, 0.5) is 13.2 Å². The molecule has 96 valence electrons. The van der Waals surface area contributed by atoms with E-state index in [4.69, 9.17) is 17.5 Å². The van der Waals surface area contributed by atoms with Gasteiger partial charge in [0.15, 0.2) is 0 Å². The smallest absolute Gasteiger partial charge is 0.349 e. The minimum Gasteiger partial charge on any atom is -0.349 e. The lowest BCUT2D eigenvalue weighted by Gasteiger charge is -2.25. The summed E-state index contributed by atoms with van der Waals surface area (Å²) in [4.78, 5) is 2.77. The number of aromatic nitrogens is 1. The Labute approximate surface area is 107 Å². The first kappa shape index (κ1) is 13.1. The van der Waals surface area contributed by atoms with Crippen molar-refractivity contribution < 1.29 is 13.2 Å². The van der Waals surface area contributed by atoms with Crippen molar-refractivity contribution in [2.75, 3.05) is 0 Å². The summed E-state index contributed by atoms with van der Waals surface area (Å²) in [6.07, 6.45) is -2.81. The van der Waals surface area contributed by atoms with E-state index in [2.05, 4.69) is 4.98 Å². The maximum Gasteiger partial charge on any atom is 0.418 e. The van der Waals surface area contributed by atoms with Gasteiger partial charge in [-0.1, -0.05) is 19.1 Å². The molecule has 1 aliphatic rings. The molecule has 1 N–H and O–H groups in total. The predicted octanol–water partition coefficient (Wildman–Crippen LogP) is 3.76. The van der Waals surface area contributed by atoms with Gasteiger partial charge in [-0.05, 0) is 30.7 Å². The fraction of sp³-hybridized carbons (Fsp3) is 0.500. The van der Waals surface area contributed by atoms with E-state index in [1.807, 2.05) is 6.92 Å². The Kier molecular flexibility index (Phi) is 3.20. The summed E-state index contributed by atoms with van der Waals surface area (Å²) in [7, 11) is 0. The lowest BCUT2D eigenvalue weighted by atomic mass is 9.84. The number of hydrogen-bond donors (Lipinski definition) is 1. The molecule has 0 aromatic carbocycles. The average molecular weight is 272 g/mol. The molecule has 2 nitrogen and oxygen atoms in total. The molecule has 1 aliphatic carbocycles. The SMILES string of the molecule is CC1CCc2[nH]c(=S)c(C#N)c(C(F)(F)F)c2C1. The molecule has 0 spiro atoms. The number of rotatable bonds is 0. The van der Waals surface area contributed by atoms with Crippen molar-refractivity contribution in [2.45, 2.75) is 32.4 Å². The highest BCUT2D eigenvalue weighted by atomic mass is 32.1. The van der Waals surface area contributed by atoms with Crippen molar-refractivity contribution in [1.82, 2.24) is 4.98 Å². The Hall–Kier alpha value is -1.35. The second-order valence-electron chi connectivity index (χ2n) is 4.62. The van der Waals surface area contributed by atoms with E-state index >= 15 is 0 Å². The van der Waals surface area contributed by atoms with Crippen LogP contribution in [0, 0.1) is 21.9 Å². The van der Waals surface area contributed by atoms with Gasteiger partial charge in [-0.2, -0.15) is 18.4 Å². The molecular formula is C12H11F3N2S. The molecule has 1 aromatic heterocycles. The molecule has 0 saturated heterocycles. The monoisotopic (exact) mass is 272 g/mol. The lowest BCUT2D eigenvalue weighted by Crippen LogP contribution is -2.21. The molecule has 18 heavy (non-hydrogen) atoms. The van der Waals surface area contributed by atoms with Gasteiger partial charge in [0, 0.05) is 5.69 Å². The van der Waals surface area contributed by atoms with E-state index in [-0.39, 0.29) is 16.1 Å². The summed E-state index contributed by atoms with van der Waals surface area (Å²) in [5.74, 6) is 0.189. The van der Waals surface area contributed by atoms with Crippen LogP contribution in [0.3, 0.4) is 0 Å². The van der Waals surface area contributed by atoms with Gasteiger partial charge in [0.1, 0.15) is 10.7 Å². The van der Waals surface area contributed by atoms with Crippen LogP contribution < -0.4 is 0 Å². The zero-order chi connectivity index (χ0) is 13.5. The number of halogens is 3. The standard InChI is InChI=1S/C12H11F3N2S/c1-6-2-3-9-7(4-6)10(12(13,14)15)8(5-16)11(18)17-9/h6H,2-4H2,1H3,(H,17,18). The van der Waals surface area contributed by atoms with Crippen molar-refractivity contribution >= 4 is 12.2 Å². The van der Waals surface area contributed by atoms with Crippen LogP contribution in [0.2, 0.25) is 0 Å². The fourth-order valence-electron chi connectivity index (χ4n) is 2.39. The number of aromatic amines is 1. The first-order valence-corrected chi connectivity index (χ1v) is 6.00. The second-order valence-corrected chi connectivity index (χ2v) is 5.03. The predicted molar refractivity (Wildman–Crippen MR) is 62.5 cm³/mol. The quantitative estimate of drug-likeness (QED) is 0.730. The third kappa shape index (κ3) is 2.15. The fourth-order valence-corrected chi connectivity index (χ4v) is 2.66.